The molecule has 4 heteroatoms. The molecule has 0 saturated carbocycles. The van der Waals surface area contributed by atoms with Crippen molar-refractivity contribution in [2.24, 2.45) is 0 Å². The highest BCUT2D eigenvalue weighted by atomic mass is 16.5. The Balaban J connectivity index is 1.69. The maximum Gasteiger partial charge on any atom is 0.245 e. The van der Waals surface area contributed by atoms with Gasteiger partial charge in [-0.15, -0.1) is 0 Å². The summed E-state index contributed by atoms with van der Waals surface area (Å²) in [5.41, 5.74) is 0.890. The van der Waals surface area contributed by atoms with Gasteiger partial charge in [0.25, 0.3) is 0 Å². The lowest BCUT2D eigenvalue weighted by molar-refractivity contribution is -0.161. The molecule has 1 amide bonds. The number of hydrogen-bond donors (Lipinski definition) is 1. The van der Waals surface area contributed by atoms with Crippen LogP contribution in [0.4, 0.5) is 0 Å². The summed E-state index contributed by atoms with van der Waals surface area (Å²) in [6, 6.07) is 8.20. The van der Waals surface area contributed by atoms with E-state index in [-0.39, 0.29) is 17.5 Å². The van der Waals surface area contributed by atoms with Gasteiger partial charge in [0.1, 0.15) is 11.3 Å². The maximum absolute atomic E-state index is 12.4. The van der Waals surface area contributed by atoms with Crippen LogP contribution in [0, 0.1) is 0 Å². The van der Waals surface area contributed by atoms with Crippen molar-refractivity contribution in [3.8, 4) is 5.75 Å². The Morgan fingerprint density at radius 3 is 2.68 bits per heavy atom. The number of carbonyl (C=O) groups is 1. The van der Waals surface area contributed by atoms with E-state index in [0.29, 0.717) is 6.54 Å². The molecule has 2 saturated heterocycles. The maximum atomic E-state index is 12.4. The van der Waals surface area contributed by atoms with E-state index >= 15 is 0 Å². The summed E-state index contributed by atoms with van der Waals surface area (Å²) in [7, 11) is 1.66. The van der Waals surface area contributed by atoms with Crippen LogP contribution in [0.1, 0.15) is 25.3 Å². The molecule has 2 atom stereocenters. The molecule has 102 valence electrons. The lowest BCUT2D eigenvalue weighted by Crippen LogP contribution is -2.76. The number of amides is 1. The minimum absolute atomic E-state index is 0.257. The first-order valence-electron chi connectivity index (χ1n) is 6.86. The molecule has 1 spiro atoms. The largest absolute Gasteiger partial charge is 0.497 e. The molecule has 0 radical (unpaired) electrons. The zero-order valence-electron chi connectivity index (χ0n) is 11.5. The van der Waals surface area contributed by atoms with Crippen LogP contribution in [0.2, 0.25) is 0 Å². The van der Waals surface area contributed by atoms with Crippen molar-refractivity contribution >= 4 is 5.91 Å². The Morgan fingerprint density at radius 1 is 1.42 bits per heavy atom. The highest BCUT2D eigenvalue weighted by molar-refractivity contribution is 5.94. The van der Waals surface area contributed by atoms with Crippen molar-refractivity contribution < 1.29 is 9.53 Å². The number of ether oxygens (including phenoxy) is 1. The van der Waals surface area contributed by atoms with E-state index in [1.165, 1.54) is 0 Å². The number of nitrogens with zero attached hydrogens (tertiary/aromatic N) is 1. The molecule has 19 heavy (non-hydrogen) atoms. The van der Waals surface area contributed by atoms with Gasteiger partial charge in [-0.2, -0.15) is 0 Å². The Hall–Kier alpha value is -1.55. The van der Waals surface area contributed by atoms with Gasteiger partial charge in [0, 0.05) is 6.54 Å². The van der Waals surface area contributed by atoms with Crippen LogP contribution in [-0.2, 0) is 11.3 Å². The molecule has 1 aromatic rings. The van der Waals surface area contributed by atoms with Crippen LogP contribution >= 0.6 is 0 Å². The number of rotatable bonds is 3. The van der Waals surface area contributed by atoms with Crippen LogP contribution in [0.15, 0.2) is 24.3 Å². The van der Waals surface area contributed by atoms with E-state index in [0.717, 1.165) is 30.7 Å². The van der Waals surface area contributed by atoms with Gasteiger partial charge in [0.15, 0.2) is 0 Å². The first-order chi connectivity index (χ1) is 9.17. The topological polar surface area (TPSA) is 41.6 Å². The minimum atomic E-state index is -0.257. The Bertz CT molecular complexity index is 477. The average molecular weight is 260 g/mol. The van der Waals surface area contributed by atoms with E-state index in [4.69, 9.17) is 4.74 Å². The summed E-state index contributed by atoms with van der Waals surface area (Å²) in [5, 5.41) is 3.39. The third kappa shape index (κ3) is 1.82. The van der Waals surface area contributed by atoms with Gasteiger partial charge < -0.3 is 15.0 Å². The third-order valence-electron chi connectivity index (χ3n) is 4.52. The first-order valence-corrected chi connectivity index (χ1v) is 6.86. The molecule has 0 aromatic heterocycles. The number of methoxy groups -OCH3 is 1. The van der Waals surface area contributed by atoms with Crippen molar-refractivity contribution in [2.75, 3.05) is 13.7 Å². The molecular weight excluding hydrogens is 240 g/mol. The van der Waals surface area contributed by atoms with Crippen LogP contribution < -0.4 is 10.1 Å². The Labute approximate surface area is 113 Å². The molecule has 2 aliphatic heterocycles. The Morgan fingerprint density at radius 2 is 2.16 bits per heavy atom. The average Bonchev–Trinajstić information content (AvgIpc) is 2.96. The van der Waals surface area contributed by atoms with Gasteiger partial charge in [-0.25, -0.2) is 0 Å². The lowest BCUT2D eigenvalue weighted by atomic mass is 9.78. The summed E-state index contributed by atoms with van der Waals surface area (Å²) in [6.45, 7) is 3.79. The molecule has 0 aliphatic carbocycles. The number of hydrogen-bond acceptors (Lipinski definition) is 3. The van der Waals surface area contributed by atoms with E-state index in [9.17, 15) is 4.79 Å². The molecule has 1 N–H and O–H groups in total. The van der Waals surface area contributed by atoms with E-state index in [2.05, 4.69) is 12.2 Å². The summed E-state index contributed by atoms with van der Waals surface area (Å²) < 4.78 is 5.14. The molecule has 4 nitrogen and oxygen atoms in total. The third-order valence-corrected chi connectivity index (χ3v) is 4.52. The highest BCUT2D eigenvalue weighted by Crippen LogP contribution is 2.38. The van der Waals surface area contributed by atoms with Gasteiger partial charge in [0.2, 0.25) is 5.91 Å². The molecule has 2 heterocycles. The van der Waals surface area contributed by atoms with Crippen LogP contribution in [-0.4, -0.2) is 36.0 Å². The Kier molecular flexibility index (Phi) is 2.97. The SMILES string of the molecule is COc1ccc(CN2C(=O)C3(CCCN3)C2C)cc1. The summed E-state index contributed by atoms with van der Waals surface area (Å²) >= 11 is 0. The van der Waals surface area contributed by atoms with Crippen molar-refractivity contribution in [2.45, 2.75) is 37.9 Å². The zero-order chi connectivity index (χ0) is 13.5. The number of likely N-dealkylation sites (tertiary alicyclic amines) is 1. The number of carbonyl (C=O) groups excluding carboxylic acids is 1. The number of nitrogens with one attached hydrogen (secondary N) is 1. The fourth-order valence-corrected chi connectivity index (χ4v) is 3.25. The second-order valence-corrected chi connectivity index (χ2v) is 5.46. The van der Waals surface area contributed by atoms with Gasteiger partial charge in [0.05, 0.1) is 13.2 Å². The normalized spacial score (nSPS) is 29.7. The first kappa shape index (κ1) is 12.5. The van der Waals surface area contributed by atoms with Crippen molar-refractivity contribution in [1.82, 2.24) is 10.2 Å². The van der Waals surface area contributed by atoms with Gasteiger partial charge in [-0.1, -0.05) is 12.1 Å². The smallest absolute Gasteiger partial charge is 0.245 e. The molecule has 0 bridgehead atoms. The predicted octanol–water partition coefficient (Wildman–Crippen LogP) is 1.55. The van der Waals surface area contributed by atoms with E-state index in [1.807, 2.05) is 29.2 Å². The van der Waals surface area contributed by atoms with Crippen molar-refractivity contribution in [1.29, 1.82) is 0 Å². The van der Waals surface area contributed by atoms with Gasteiger partial charge in [-0.3, -0.25) is 4.79 Å². The second-order valence-electron chi connectivity index (χ2n) is 5.46. The molecule has 2 fully saturated rings. The second kappa shape index (κ2) is 4.53. The van der Waals surface area contributed by atoms with Crippen LogP contribution in [0.3, 0.4) is 0 Å². The highest BCUT2D eigenvalue weighted by Gasteiger charge is 2.59. The van der Waals surface area contributed by atoms with Gasteiger partial charge >= 0.3 is 0 Å². The molecule has 3 rings (SSSR count). The lowest BCUT2D eigenvalue weighted by Gasteiger charge is -2.53. The number of benzene rings is 1. The quantitative estimate of drug-likeness (QED) is 0.838. The zero-order valence-corrected chi connectivity index (χ0v) is 11.5. The summed E-state index contributed by atoms with van der Waals surface area (Å²) in [4.78, 5) is 14.3. The minimum Gasteiger partial charge on any atom is -0.497 e. The molecule has 2 aliphatic rings. The summed E-state index contributed by atoms with van der Waals surface area (Å²) in [6.07, 6.45) is 2.08. The van der Waals surface area contributed by atoms with Crippen LogP contribution in [0.5, 0.6) is 5.75 Å². The monoisotopic (exact) mass is 260 g/mol. The molecule has 2 unspecified atom stereocenters. The van der Waals surface area contributed by atoms with Gasteiger partial charge in [-0.05, 0) is 44.0 Å². The fourth-order valence-electron chi connectivity index (χ4n) is 3.25. The van der Waals surface area contributed by atoms with Crippen molar-refractivity contribution in [3.05, 3.63) is 29.8 Å². The van der Waals surface area contributed by atoms with E-state index < -0.39 is 0 Å². The van der Waals surface area contributed by atoms with E-state index in [1.54, 1.807) is 7.11 Å². The summed E-state index contributed by atoms with van der Waals surface area (Å²) in [5.74, 6) is 1.11. The molecule has 1 aromatic carbocycles. The number of β-lactam (4-membered cyclic amide) rings is 1. The predicted molar refractivity (Wildman–Crippen MR) is 73.0 cm³/mol. The van der Waals surface area contributed by atoms with Crippen molar-refractivity contribution in [3.63, 3.8) is 0 Å². The van der Waals surface area contributed by atoms with Crippen LogP contribution in [0.25, 0.3) is 0 Å². The fraction of sp³-hybridized carbons (Fsp3) is 0.533. The standard InChI is InChI=1S/C15H20N2O2/c1-11-15(8-3-9-16-15)14(18)17(11)10-12-4-6-13(19-2)7-5-12/h4-7,11,16H,3,8-10H2,1-2H3. The molecular formula is C15H20N2O2.